The molecule has 0 aliphatic rings. The summed E-state index contributed by atoms with van der Waals surface area (Å²) in [6.07, 6.45) is 2.95. The highest BCUT2D eigenvalue weighted by Gasteiger charge is 2.46. The number of hydrogen-bond acceptors (Lipinski definition) is 7. The number of carbonyl (C=O) groups is 2. The van der Waals surface area contributed by atoms with Gasteiger partial charge in [-0.1, -0.05) is 39.8 Å². The molecule has 0 aliphatic carbocycles. The number of nitrogens with zero attached hydrogens (tertiary/aromatic N) is 2. The van der Waals surface area contributed by atoms with Crippen LogP contribution >= 0.6 is 15.0 Å². The zero-order chi connectivity index (χ0) is 24.6. The molecule has 0 aromatic heterocycles. The lowest BCUT2D eigenvalue weighted by Gasteiger charge is -2.40. The first-order valence-corrected chi connectivity index (χ1v) is 14.0. The third kappa shape index (κ3) is 7.99. The summed E-state index contributed by atoms with van der Waals surface area (Å²) < 4.78 is 45.6. The van der Waals surface area contributed by atoms with Gasteiger partial charge in [0.15, 0.2) is 0 Å². The molecular formula is C20H38N2O7P2. The van der Waals surface area contributed by atoms with Crippen molar-refractivity contribution in [3.8, 4) is 0 Å². The van der Waals surface area contributed by atoms with Crippen LogP contribution in [0, 0.1) is 11.8 Å². The Balaban J connectivity index is 6.32. The van der Waals surface area contributed by atoms with Crippen LogP contribution in [0.5, 0.6) is 0 Å². The molecule has 0 heterocycles. The normalized spacial score (nSPS) is 17.7. The van der Waals surface area contributed by atoms with E-state index >= 15 is 0 Å². The smallest absolute Gasteiger partial charge is 0.323 e. The molecule has 0 spiro atoms. The van der Waals surface area contributed by atoms with E-state index in [1.807, 2.05) is 0 Å². The lowest BCUT2D eigenvalue weighted by molar-refractivity contribution is -0.147. The zero-order valence-electron chi connectivity index (χ0n) is 19.9. The number of carbonyl (C=O) groups excluding carboxylic acids is 2. The van der Waals surface area contributed by atoms with E-state index in [0.717, 1.165) is 0 Å². The van der Waals surface area contributed by atoms with Gasteiger partial charge in [0.05, 0.1) is 14.2 Å². The summed E-state index contributed by atoms with van der Waals surface area (Å²) >= 11 is 0. The van der Waals surface area contributed by atoms with Gasteiger partial charge in [0.1, 0.15) is 12.1 Å². The predicted octanol–water partition coefficient (Wildman–Crippen LogP) is 4.02. The third-order valence-electron chi connectivity index (χ3n) is 4.66. The van der Waals surface area contributed by atoms with E-state index in [-0.39, 0.29) is 24.9 Å². The quantitative estimate of drug-likeness (QED) is 0.207. The number of ether oxygens (including phenoxy) is 2. The largest absolute Gasteiger partial charge is 0.468 e. The Kier molecular flexibility index (Phi) is 12.2. The van der Waals surface area contributed by atoms with Crippen LogP contribution in [0.25, 0.3) is 0 Å². The van der Waals surface area contributed by atoms with Crippen molar-refractivity contribution >= 4 is 27.0 Å². The fourth-order valence-corrected chi connectivity index (χ4v) is 8.78. The first kappa shape index (κ1) is 29.8. The second kappa shape index (κ2) is 12.7. The molecular weight excluding hydrogens is 442 g/mol. The van der Waals surface area contributed by atoms with Gasteiger partial charge < -0.3 is 9.47 Å². The van der Waals surface area contributed by atoms with Crippen molar-refractivity contribution in [2.75, 3.05) is 40.6 Å². The minimum atomic E-state index is -3.83. The minimum Gasteiger partial charge on any atom is -0.468 e. The van der Waals surface area contributed by atoms with E-state index in [9.17, 15) is 18.7 Å². The van der Waals surface area contributed by atoms with Gasteiger partial charge in [-0.15, -0.1) is 13.2 Å². The molecule has 31 heavy (non-hydrogen) atoms. The standard InChI is InChI=1S/C20H38N2O7P2/c1-11-13-21(17(15(3)4)19(23)27-7)30(9,25)29-31(10,26)22(14-12-2)18(16(5)6)20(24)28-8/h11-12,15-18H,1-2,13-14H2,3-10H3/t17-,18-,30-,31-/m0/s1. The number of rotatable bonds is 14. The van der Waals surface area contributed by atoms with E-state index in [2.05, 4.69) is 13.2 Å². The highest BCUT2D eigenvalue weighted by atomic mass is 31.2. The second-order valence-electron chi connectivity index (χ2n) is 7.93. The maximum Gasteiger partial charge on any atom is 0.323 e. The van der Waals surface area contributed by atoms with Crippen molar-refractivity contribution in [2.24, 2.45) is 11.8 Å². The first-order chi connectivity index (χ1) is 14.2. The van der Waals surface area contributed by atoms with Gasteiger partial charge >= 0.3 is 11.9 Å². The molecule has 9 nitrogen and oxygen atoms in total. The fraction of sp³-hybridized carbons (Fsp3) is 0.700. The summed E-state index contributed by atoms with van der Waals surface area (Å²) in [6, 6.07) is -1.82. The molecule has 11 heteroatoms. The predicted molar refractivity (Wildman–Crippen MR) is 123 cm³/mol. The zero-order valence-corrected chi connectivity index (χ0v) is 21.7. The van der Waals surface area contributed by atoms with Gasteiger partial charge in [-0.05, 0) is 11.8 Å². The summed E-state index contributed by atoms with van der Waals surface area (Å²) in [4.78, 5) is 24.8. The van der Waals surface area contributed by atoms with Crippen LogP contribution in [0.4, 0.5) is 0 Å². The van der Waals surface area contributed by atoms with E-state index < -0.39 is 39.1 Å². The van der Waals surface area contributed by atoms with Crippen LogP contribution in [0.3, 0.4) is 0 Å². The lowest BCUT2D eigenvalue weighted by Crippen LogP contribution is -2.45. The number of hydrogen-bond donors (Lipinski definition) is 0. The summed E-state index contributed by atoms with van der Waals surface area (Å²) in [5.41, 5.74) is 0. The topological polar surface area (TPSA) is 102 Å². The van der Waals surface area contributed by atoms with Crippen molar-refractivity contribution in [1.82, 2.24) is 9.34 Å². The molecule has 4 atom stereocenters. The van der Waals surface area contributed by atoms with Crippen molar-refractivity contribution < 1.29 is 32.5 Å². The Hall–Kier alpha value is -1.24. The molecule has 0 N–H and O–H groups in total. The van der Waals surface area contributed by atoms with Gasteiger partial charge in [0.25, 0.3) is 15.0 Å². The van der Waals surface area contributed by atoms with Crippen LogP contribution in [0.1, 0.15) is 27.7 Å². The fourth-order valence-electron chi connectivity index (χ4n) is 3.33. The van der Waals surface area contributed by atoms with E-state index in [1.54, 1.807) is 27.7 Å². The molecule has 0 aromatic rings. The van der Waals surface area contributed by atoms with Crippen molar-refractivity contribution in [3.05, 3.63) is 25.3 Å². The van der Waals surface area contributed by atoms with Gasteiger partial charge in [0.2, 0.25) is 0 Å². The first-order valence-electron chi connectivity index (χ1n) is 9.99. The summed E-state index contributed by atoms with van der Waals surface area (Å²) in [7, 11) is -5.18. The maximum atomic E-state index is 13.7. The molecule has 0 aliphatic heterocycles. The van der Waals surface area contributed by atoms with Crippen LogP contribution in [0.2, 0.25) is 0 Å². The van der Waals surface area contributed by atoms with Crippen molar-refractivity contribution in [3.63, 3.8) is 0 Å². The highest BCUT2D eigenvalue weighted by Crippen LogP contribution is 2.65. The average molecular weight is 480 g/mol. The molecule has 0 fully saturated rings. The Morgan fingerprint density at radius 2 is 1.10 bits per heavy atom. The second-order valence-corrected chi connectivity index (χ2v) is 12.8. The van der Waals surface area contributed by atoms with Crippen LogP contribution in [-0.4, -0.2) is 74.0 Å². The van der Waals surface area contributed by atoms with Crippen LogP contribution in [0.15, 0.2) is 25.3 Å². The Morgan fingerprint density at radius 3 is 1.29 bits per heavy atom. The Labute approximate surface area is 186 Å². The molecule has 0 saturated heterocycles. The minimum absolute atomic E-state index is 0.0395. The number of esters is 2. The molecule has 0 amide bonds. The molecule has 0 saturated carbocycles. The molecule has 0 unspecified atom stereocenters. The van der Waals surface area contributed by atoms with Crippen LogP contribution < -0.4 is 0 Å². The SMILES string of the molecule is C=CCN([C@H](C(=O)OC)C(C)C)[P@@](C)(=O)O[P@](C)(=O)N(CC=C)[C@H](C(=O)OC)C(C)C. The molecule has 180 valence electrons. The summed E-state index contributed by atoms with van der Waals surface area (Å²) in [5.74, 6) is -1.73. The summed E-state index contributed by atoms with van der Waals surface area (Å²) in [5, 5.41) is 0. The molecule has 0 rings (SSSR count). The van der Waals surface area contributed by atoms with Crippen molar-refractivity contribution in [1.29, 1.82) is 0 Å². The van der Waals surface area contributed by atoms with Crippen LogP contribution in [-0.2, 0) is 32.5 Å². The third-order valence-corrected chi connectivity index (χ3v) is 9.77. The van der Waals surface area contributed by atoms with E-state index in [4.69, 9.17) is 13.8 Å². The molecule has 0 radical (unpaired) electrons. The monoisotopic (exact) mass is 480 g/mol. The van der Waals surface area contributed by atoms with Crippen molar-refractivity contribution in [2.45, 2.75) is 39.8 Å². The maximum absolute atomic E-state index is 13.7. The lowest BCUT2D eigenvalue weighted by atomic mass is 10.0. The van der Waals surface area contributed by atoms with Gasteiger partial charge in [-0.2, -0.15) is 0 Å². The average Bonchev–Trinajstić information content (AvgIpc) is 2.65. The Bertz CT molecular complexity index is 679. The Morgan fingerprint density at radius 1 is 0.806 bits per heavy atom. The van der Waals surface area contributed by atoms with E-state index in [1.165, 1.54) is 49.0 Å². The number of methoxy groups -OCH3 is 2. The van der Waals surface area contributed by atoms with Gasteiger partial charge in [0, 0.05) is 26.4 Å². The molecule has 0 aromatic carbocycles. The highest BCUT2D eigenvalue weighted by molar-refractivity contribution is 7.69. The van der Waals surface area contributed by atoms with Gasteiger partial charge in [-0.25, -0.2) is 13.7 Å². The molecule has 0 bridgehead atoms. The van der Waals surface area contributed by atoms with E-state index in [0.29, 0.717) is 0 Å². The van der Waals surface area contributed by atoms with Gasteiger partial charge in [-0.3, -0.25) is 18.7 Å². The summed E-state index contributed by atoms with van der Waals surface area (Å²) in [6.45, 7) is 17.1.